The second-order valence-corrected chi connectivity index (χ2v) is 5.38. The van der Waals surface area contributed by atoms with Crippen LogP contribution in [0.5, 0.6) is 0 Å². The van der Waals surface area contributed by atoms with Gasteiger partial charge in [-0.25, -0.2) is 0 Å². The van der Waals surface area contributed by atoms with E-state index in [-0.39, 0.29) is 6.42 Å². The number of hydrogen-bond acceptors (Lipinski definition) is 7. The molecule has 0 spiro atoms. The summed E-state index contributed by atoms with van der Waals surface area (Å²) in [4.78, 5) is 23.4. The molecular formula is C14H13N3O4S. The third-order valence-electron chi connectivity index (χ3n) is 2.91. The van der Waals surface area contributed by atoms with E-state index in [1.54, 1.807) is 25.3 Å². The Bertz CT molecular complexity index is 722. The van der Waals surface area contributed by atoms with E-state index in [9.17, 15) is 9.59 Å². The van der Waals surface area contributed by atoms with E-state index in [4.69, 9.17) is 14.5 Å². The van der Waals surface area contributed by atoms with Crippen LogP contribution in [0.25, 0.3) is 0 Å². The fraction of sp³-hybridized carbons (Fsp3) is 0.286. The predicted molar refractivity (Wildman–Crippen MR) is 78.3 cm³/mol. The van der Waals surface area contributed by atoms with Gasteiger partial charge in [-0.05, 0) is 25.3 Å². The Morgan fingerprint density at radius 2 is 2.27 bits per heavy atom. The van der Waals surface area contributed by atoms with Crippen LogP contribution in [-0.4, -0.2) is 23.6 Å². The van der Waals surface area contributed by atoms with Crippen LogP contribution in [0, 0.1) is 25.2 Å². The molecule has 22 heavy (non-hydrogen) atoms. The maximum absolute atomic E-state index is 11.7. The molecule has 2 aromatic heterocycles. The highest BCUT2D eigenvalue weighted by atomic mass is 32.1. The number of carbonyl (C=O) groups excluding carboxylic acids is 2. The average Bonchev–Trinajstić information content (AvgIpc) is 3.06. The molecule has 0 saturated heterocycles. The van der Waals surface area contributed by atoms with E-state index in [0.717, 1.165) is 0 Å². The van der Waals surface area contributed by atoms with E-state index in [0.29, 0.717) is 27.6 Å². The summed E-state index contributed by atoms with van der Waals surface area (Å²) in [6.07, 6.45) is -0.00308. The van der Waals surface area contributed by atoms with Gasteiger partial charge in [0.1, 0.15) is 16.8 Å². The van der Waals surface area contributed by atoms with Gasteiger partial charge >= 0.3 is 5.97 Å². The number of nitriles is 1. The Morgan fingerprint density at radius 3 is 2.91 bits per heavy atom. The minimum atomic E-state index is -0.545. The molecule has 0 atom stereocenters. The Labute approximate surface area is 130 Å². The molecule has 0 aliphatic rings. The van der Waals surface area contributed by atoms with Gasteiger partial charge < -0.3 is 14.6 Å². The molecule has 0 saturated carbocycles. The highest BCUT2D eigenvalue weighted by molar-refractivity contribution is 7.14. The molecule has 2 rings (SSSR count). The Balaban J connectivity index is 1.84. The number of thiophene rings is 1. The highest BCUT2D eigenvalue weighted by Crippen LogP contribution is 2.21. The van der Waals surface area contributed by atoms with Gasteiger partial charge in [-0.3, -0.25) is 9.59 Å². The standard InChI is InChI=1S/C14H13N3O4S/c1-8-11(9(2)21-17-8)5-13(19)20-7-12(18)16-14-10(6-15)3-4-22-14/h3-4H,5,7H2,1-2H3,(H,16,18). The number of esters is 1. The van der Waals surface area contributed by atoms with Crippen molar-refractivity contribution < 1.29 is 18.8 Å². The average molecular weight is 319 g/mol. The molecule has 1 N–H and O–H groups in total. The van der Waals surface area contributed by atoms with Crippen LogP contribution in [0.4, 0.5) is 5.00 Å². The number of nitrogens with one attached hydrogen (secondary N) is 1. The van der Waals surface area contributed by atoms with E-state index in [1.807, 2.05) is 6.07 Å². The summed E-state index contributed by atoms with van der Waals surface area (Å²) in [6.45, 7) is 3.02. The van der Waals surface area contributed by atoms with E-state index >= 15 is 0 Å². The summed E-state index contributed by atoms with van der Waals surface area (Å²) in [6, 6.07) is 3.56. The van der Waals surface area contributed by atoms with Crippen LogP contribution >= 0.6 is 11.3 Å². The maximum atomic E-state index is 11.7. The zero-order valence-electron chi connectivity index (χ0n) is 12.0. The topological polar surface area (TPSA) is 105 Å². The van der Waals surface area contributed by atoms with Crippen LogP contribution < -0.4 is 5.32 Å². The molecule has 2 aromatic rings. The second-order valence-electron chi connectivity index (χ2n) is 4.46. The number of amides is 1. The number of aryl methyl sites for hydroxylation is 2. The van der Waals surface area contributed by atoms with Crippen molar-refractivity contribution in [1.82, 2.24) is 5.16 Å². The van der Waals surface area contributed by atoms with Crippen LogP contribution in [-0.2, 0) is 20.7 Å². The Kier molecular flexibility index (Phi) is 4.91. The molecule has 2 heterocycles. The van der Waals surface area contributed by atoms with Crippen molar-refractivity contribution in [3.8, 4) is 6.07 Å². The number of anilines is 1. The van der Waals surface area contributed by atoms with Gasteiger partial charge in [0.25, 0.3) is 5.91 Å². The van der Waals surface area contributed by atoms with Crippen LogP contribution in [0.1, 0.15) is 22.6 Å². The second kappa shape index (κ2) is 6.87. The van der Waals surface area contributed by atoms with Crippen molar-refractivity contribution in [3.05, 3.63) is 34.0 Å². The minimum Gasteiger partial charge on any atom is -0.455 e. The van der Waals surface area contributed by atoms with Crippen LogP contribution in [0.3, 0.4) is 0 Å². The molecular weight excluding hydrogens is 306 g/mol. The van der Waals surface area contributed by atoms with E-state index in [2.05, 4.69) is 10.5 Å². The highest BCUT2D eigenvalue weighted by Gasteiger charge is 2.16. The molecule has 0 radical (unpaired) electrons. The monoisotopic (exact) mass is 319 g/mol. The summed E-state index contributed by atoms with van der Waals surface area (Å²) < 4.78 is 9.86. The van der Waals surface area contributed by atoms with Crippen molar-refractivity contribution in [2.24, 2.45) is 0 Å². The molecule has 0 bridgehead atoms. The molecule has 0 aliphatic heterocycles. The van der Waals surface area contributed by atoms with Gasteiger partial charge in [0, 0.05) is 5.56 Å². The molecule has 1 amide bonds. The Hall–Kier alpha value is -2.66. The van der Waals surface area contributed by atoms with Gasteiger partial charge in [-0.15, -0.1) is 11.3 Å². The number of ether oxygens (including phenoxy) is 1. The lowest BCUT2D eigenvalue weighted by atomic mass is 10.1. The first-order valence-electron chi connectivity index (χ1n) is 6.36. The molecule has 0 fully saturated rings. The van der Waals surface area contributed by atoms with Gasteiger partial charge in [0.15, 0.2) is 6.61 Å². The van der Waals surface area contributed by atoms with Gasteiger partial charge in [0.2, 0.25) is 0 Å². The fourth-order valence-corrected chi connectivity index (χ4v) is 2.51. The molecule has 8 heteroatoms. The smallest absolute Gasteiger partial charge is 0.310 e. The first-order valence-corrected chi connectivity index (χ1v) is 7.24. The summed E-state index contributed by atoms with van der Waals surface area (Å²) in [5.41, 5.74) is 1.66. The first-order chi connectivity index (χ1) is 10.5. The van der Waals surface area contributed by atoms with Crippen molar-refractivity contribution in [3.63, 3.8) is 0 Å². The van der Waals surface area contributed by atoms with Crippen molar-refractivity contribution in [2.45, 2.75) is 20.3 Å². The summed E-state index contributed by atoms with van der Waals surface area (Å²) in [5, 5.41) is 17.2. The largest absolute Gasteiger partial charge is 0.455 e. The molecule has 0 aromatic carbocycles. The number of aromatic nitrogens is 1. The van der Waals surface area contributed by atoms with Gasteiger partial charge in [0.05, 0.1) is 17.7 Å². The fourth-order valence-electron chi connectivity index (χ4n) is 1.75. The lowest BCUT2D eigenvalue weighted by Crippen LogP contribution is -2.21. The lowest BCUT2D eigenvalue weighted by Gasteiger charge is -2.05. The number of rotatable bonds is 5. The van der Waals surface area contributed by atoms with E-state index in [1.165, 1.54) is 11.3 Å². The zero-order valence-corrected chi connectivity index (χ0v) is 12.8. The third kappa shape index (κ3) is 3.71. The van der Waals surface area contributed by atoms with Crippen molar-refractivity contribution in [1.29, 1.82) is 5.26 Å². The number of carbonyl (C=O) groups is 2. The predicted octanol–water partition coefficient (Wildman–Crippen LogP) is 1.95. The normalized spacial score (nSPS) is 10.0. The number of nitrogens with zero attached hydrogens (tertiary/aromatic N) is 2. The van der Waals surface area contributed by atoms with Crippen LogP contribution in [0.2, 0.25) is 0 Å². The van der Waals surface area contributed by atoms with Crippen molar-refractivity contribution in [2.75, 3.05) is 11.9 Å². The van der Waals surface area contributed by atoms with Gasteiger partial charge in [-0.2, -0.15) is 5.26 Å². The molecule has 7 nitrogen and oxygen atoms in total. The quantitative estimate of drug-likeness (QED) is 0.844. The maximum Gasteiger partial charge on any atom is 0.310 e. The van der Waals surface area contributed by atoms with E-state index < -0.39 is 18.5 Å². The summed E-state index contributed by atoms with van der Waals surface area (Å²) >= 11 is 1.23. The number of hydrogen-bond donors (Lipinski definition) is 1. The lowest BCUT2D eigenvalue weighted by molar-refractivity contribution is -0.146. The molecule has 0 aliphatic carbocycles. The first kappa shape index (κ1) is 15.7. The summed E-state index contributed by atoms with van der Waals surface area (Å²) in [7, 11) is 0. The van der Waals surface area contributed by atoms with Crippen molar-refractivity contribution >= 4 is 28.2 Å². The SMILES string of the molecule is Cc1noc(C)c1CC(=O)OCC(=O)Nc1sccc1C#N. The summed E-state index contributed by atoms with van der Waals surface area (Å²) in [5.74, 6) is -0.488. The minimum absolute atomic E-state index is 0.00308. The third-order valence-corrected chi connectivity index (χ3v) is 3.74. The van der Waals surface area contributed by atoms with Gasteiger partial charge in [-0.1, -0.05) is 5.16 Å². The molecule has 0 unspecified atom stereocenters. The molecule has 114 valence electrons. The van der Waals surface area contributed by atoms with Crippen LogP contribution in [0.15, 0.2) is 16.0 Å². The Morgan fingerprint density at radius 1 is 1.50 bits per heavy atom. The zero-order chi connectivity index (χ0) is 16.1.